The topological polar surface area (TPSA) is 78.6 Å². The summed E-state index contributed by atoms with van der Waals surface area (Å²) in [6.45, 7) is -0.00894. The van der Waals surface area contributed by atoms with Crippen molar-refractivity contribution in [2.45, 2.75) is 6.61 Å². The lowest BCUT2D eigenvalue weighted by Gasteiger charge is -2.09. The number of hydrogen-bond acceptors (Lipinski definition) is 4. The van der Waals surface area contributed by atoms with Gasteiger partial charge in [-0.3, -0.25) is 4.79 Å². The molecule has 25 heavy (non-hydrogen) atoms. The molecule has 0 spiro atoms. The van der Waals surface area contributed by atoms with Crippen LogP contribution in [-0.2, 0) is 16.1 Å². The summed E-state index contributed by atoms with van der Waals surface area (Å²) in [5.74, 6) is -0.516. The fraction of sp³-hybridized carbons (Fsp3) is 0.100. The molecule has 0 aliphatic heterocycles. The number of primary amides is 1. The van der Waals surface area contributed by atoms with Gasteiger partial charge in [-0.1, -0.05) is 42.5 Å². The predicted molar refractivity (Wildman–Crippen MR) is 94.2 cm³/mol. The van der Waals surface area contributed by atoms with Gasteiger partial charge in [0.2, 0.25) is 0 Å². The van der Waals surface area contributed by atoms with Crippen LogP contribution >= 0.6 is 0 Å². The lowest BCUT2D eigenvalue weighted by molar-refractivity contribution is -0.119. The van der Waals surface area contributed by atoms with Gasteiger partial charge in [-0.25, -0.2) is 4.79 Å². The molecule has 0 bridgehead atoms. The summed E-state index contributed by atoms with van der Waals surface area (Å²) in [5, 5.41) is 2.17. The van der Waals surface area contributed by atoms with E-state index < -0.39 is 11.9 Å². The number of fused-ring (bicyclic) bond motifs is 1. The standard InChI is InChI=1S/C20H17NO4/c21-19(22)13-24-17-10-8-15(9-11-17)20(23)25-12-16-6-3-5-14-4-1-2-7-18(14)16/h1-11H,12-13H2,(H2,21,22). The van der Waals surface area contributed by atoms with Gasteiger partial charge in [-0.05, 0) is 40.6 Å². The minimum absolute atomic E-state index is 0.195. The Labute approximate surface area is 145 Å². The lowest BCUT2D eigenvalue weighted by Crippen LogP contribution is -2.20. The number of rotatable bonds is 6. The summed E-state index contributed by atoms with van der Waals surface area (Å²) >= 11 is 0. The monoisotopic (exact) mass is 335 g/mol. The second kappa shape index (κ2) is 7.49. The van der Waals surface area contributed by atoms with Crippen molar-refractivity contribution in [1.29, 1.82) is 0 Å². The number of ether oxygens (including phenoxy) is 2. The first-order chi connectivity index (χ1) is 12.1. The van der Waals surface area contributed by atoms with Crippen LogP contribution in [0.15, 0.2) is 66.7 Å². The van der Waals surface area contributed by atoms with Crippen LogP contribution in [-0.4, -0.2) is 18.5 Å². The van der Waals surface area contributed by atoms with E-state index in [1.165, 1.54) is 0 Å². The molecule has 1 amide bonds. The second-order valence-corrected chi connectivity index (χ2v) is 5.49. The Morgan fingerprint density at radius 1 is 0.880 bits per heavy atom. The molecule has 0 aliphatic carbocycles. The molecule has 3 rings (SSSR count). The van der Waals surface area contributed by atoms with E-state index in [1.807, 2.05) is 42.5 Å². The summed E-state index contributed by atoms with van der Waals surface area (Å²) < 4.78 is 10.6. The fourth-order valence-corrected chi connectivity index (χ4v) is 2.49. The minimum atomic E-state index is -0.557. The average Bonchev–Trinajstić information content (AvgIpc) is 2.64. The Balaban J connectivity index is 1.65. The number of benzene rings is 3. The van der Waals surface area contributed by atoms with E-state index in [1.54, 1.807) is 24.3 Å². The molecule has 0 radical (unpaired) electrons. The van der Waals surface area contributed by atoms with E-state index in [9.17, 15) is 9.59 Å². The molecule has 5 heteroatoms. The molecule has 126 valence electrons. The van der Waals surface area contributed by atoms with Crippen LogP contribution in [0.2, 0.25) is 0 Å². The van der Waals surface area contributed by atoms with E-state index >= 15 is 0 Å². The predicted octanol–water partition coefficient (Wildman–Crippen LogP) is 3.06. The zero-order chi connectivity index (χ0) is 17.6. The van der Waals surface area contributed by atoms with Crippen LogP contribution < -0.4 is 10.5 Å². The molecule has 0 heterocycles. The van der Waals surface area contributed by atoms with Crippen molar-refractivity contribution < 1.29 is 19.1 Å². The van der Waals surface area contributed by atoms with E-state index in [0.29, 0.717) is 11.3 Å². The first kappa shape index (κ1) is 16.5. The van der Waals surface area contributed by atoms with Crippen LogP contribution in [0.4, 0.5) is 0 Å². The molecule has 5 nitrogen and oxygen atoms in total. The van der Waals surface area contributed by atoms with E-state index in [4.69, 9.17) is 15.2 Å². The maximum Gasteiger partial charge on any atom is 0.338 e. The van der Waals surface area contributed by atoms with E-state index in [0.717, 1.165) is 16.3 Å². The molecule has 0 saturated carbocycles. The molecule has 2 N–H and O–H groups in total. The number of nitrogens with two attached hydrogens (primary N) is 1. The lowest BCUT2D eigenvalue weighted by atomic mass is 10.1. The summed E-state index contributed by atoms with van der Waals surface area (Å²) in [4.78, 5) is 22.9. The van der Waals surface area contributed by atoms with Crippen molar-refractivity contribution in [3.63, 3.8) is 0 Å². The molecule has 0 aliphatic rings. The summed E-state index contributed by atoms with van der Waals surface area (Å²) in [6, 6.07) is 20.2. The molecule has 3 aromatic rings. The van der Waals surface area contributed by atoms with Crippen molar-refractivity contribution in [3.8, 4) is 5.75 Å². The molecular weight excluding hydrogens is 318 g/mol. The van der Waals surface area contributed by atoms with Gasteiger partial charge in [-0.15, -0.1) is 0 Å². The maximum atomic E-state index is 12.2. The Morgan fingerprint density at radius 2 is 1.60 bits per heavy atom. The van der Waals surface area contributed by atoms with Gasteiger partial charge in [0.1, 0.15) is 12.4 Å². The molecule has 0 saturated heterocycles. The van der Waals surface area contributed by atoms with Crippen LogP contribution in [0.1, 0.15) is 15.9 Å². The number of carbonyl (C=O) groups excluding carboxylic acids is 2. The third-order valence-corrected chi connectivity index (χ3v) is 3.71. The van der Waals surface area contributed by atoms with Crippen molar-refractivity contribution in [1.82, 2.24) is 0 Å². The van der Waals surface area contributed by atoms with Crippen LogP contribution in [0.3, 0.4) is 0 Å². The zero-order valence-electron chi connectivity index (χ0n) is 13.5. The maximum absolute atomic E-state index is 12.2. The Bertz CT molecular complexity index is 898. The van der Waals surface area contributed by atoms with Crippen molar-refractivity contribution in [2.75, 3.05) is 6.61 Å². The minimum Gasteiger partial charge on any atom is -0.484 e. The molecule has 0 aromatic heterocycles. The second-order valence-electron chi connectivity index (χ2n) is 5.49. The normalized spacial score (nSPS) is 10.4. The highest BCUT2D eigenvalue weighted by Gasteiger charge is 2.09. The van der Waals surface area contributed by atoms with Gasteiger partial charge in [0, 0.05) is 0 Å². The molecular formula is C20H17NO4. The highest BCUT2D eigenvalue weighted by Crippen LogP contribution is 2.20. The molecule has 0 unspecified atom stereocenters. The van der Waals surface area contributed by atoms with Crippen LogP contribution in [0.5, 0.6) is 5.75 Å². The van der Waals surface area contributed by atoms with Gasteiger partial charge in [-0.2, -0.15) is 0 Å². The highest BCUT2D eigenvalue weighted by molar-refractivity contribution is 5.90. The van der Waals surface area contributed by atoms with Crippen molar-refractivity contribution in [2.24, 2.45) is 5.73 Å². The van der Waals surface area contributed by atoms with Gasteiger partial charge in [0.15, 0.2) is 6.61 Å². The van der Waals surface area contributed by atoms with Crippen LogP contribution in [0.25, 0.3) is 10.8 Å². The summed E-state index contributed by atoms with van der Waals surface area (Å²) in [7, 11) is 0. The van der Waals surface area contributed by atoms with Crippen LogP contribution in [0, 0.1) is 0 Å². The van der Waals surface area contributed by atoms with E-state index in [2.05, 4.69) is 0 Å². The number of amides is 1. The van der Waals surface area contributed by atoms with Gasteiger partial charge in [0.25, 0.3) is 5.91 Å². The highest BCUT2D eigenvalue weighted by atomic mass is 16.5. The quantitative estimate of drug-likeness (QED) is 0.702. The molecule has 3 aromatic carbocycles. The number of esters is 1. The number of hydrogen-bond donors (Lipinski definition) is 1. The fourth-order valence-electron chi connectivity index (χ4n) is 2.49. The molecule has 0 atom stereocenters. The van der Waals surface area contributed by atoms with Gasteiger partial charge in [0.05, 0.1) is 5.56 Å². The third kappa shape index (κ3) is 4.14. The summed E-state index contributed by atoms with van der Waals surface area (Å²) in [6.07, 6.45) is 0. The first-order valence-corrected chi connectivity index (χ1v) is 7.78. The van der Waals surface area contributed by atoms with Crippen molar-refractivity contribution >= 4 is 22.6 Å². The summed E-state index contributed by atoms with van der Waals surface area (Å²) in [5.41, 5.74) is 6.38. The van der Waals surface area contributed by atoms with E-state index in [-0.39, 0.29) is 13.2 Å². The zero-order valence-corrected chi connectivity index (χ0v) is 13.5. The SMILES string of the molecule is NC(=O)COc1ccc(C(=O)OCc2cccc3ccccc23)cc1. The average molecular weight is 335 g/mol. The van der Waals surface area contributed by atoms with Crippen molar-refractivity contribution in [3.05, 3.63) is 77.9 Å². The Kier molecular flexibility index (Phi) is 4.95. The van der Waals surface area contributed by atoms with Gasteiger partial charge < -0.3 is 15.2 Å². The third-order valence-electron chi connectivity index (χ3n) is 3.71. The Morgan fingerprint density at radius 3 is 2.36 bits per heavy atom. The first-order valence-electron chi connectivity index (χ1n) is 7.78. The smallest absolute Gasteiger partial charge is 0.338 e. The Hall–Kier alpha value is -3.34. The molecule has 0 fully saturated rings. The largest absolute Gasteiger partial charge is 0.484 e. The number of carbonyl (C=O) groups is 2. The van der Waals surface area contributed by atoms with Gasteiger partial charge >= 0.3 is 5.97 Å².